The number of nitrogens with zero attached hydrogens (tertiary/aromatic N) is 3. The first-order valence-electron chi connectivity index (χ1n) is 16.9. The van der Waals surface area contributed by atoms with Crippen LogP contribution in [-0.4, -0.2) is 15.0 Å². The van der Waals surface area contributed by atoms with Crippen LogP contribution in [0.2, 0.25) is 0 Å². The summed E-state index contributed by atoms with van der Waals surface area (Å²) in [5.41, 5.74) is 11.0. The second-order valence-electron chi connectivity index (χ2n) is 12.7. The van der Waals surface area contributed by atoms with E-state index in [-0.39, 0.29) is 0 Å². The third kappa shape index (κ3) is 4.22. The van der Waals surface area contributed by atoms with Crippen LogP contribution in [0.25, 0.3) is 67.2 Å². The van der Waals surface area contributed by atoms with Gasteiger partial charge >= 0.3 is 0 Å². The van der Waals surface area contributed by atoms with Crippen LogP contribution in [-0.2, 0) is 5.41 Å². The molecule has 0 saturated carbocycles. The van der Waals surface area contributed by atoms with Crippen LogP contribution in [0.4, 0.5) is 0 Å². The summed E-state index contributed by atoms with van der Waals surface area (Å²) in [5, 5.41) is 2.21. The third-order valence-electron chi connectivity index (χ3n) is 10.0. The number of fused-ring (bicyclic) bond motifs is 7. The average Bonchev–Trinajstić information content (AvgIpc) is 3.73. The molecule has 0 saturated heterocycles. The van der Waals surface area contributed by atoms with Gasteiger partial charge in [-0.3, -0.25) is 0 Å². The van der Waals surface area contributed by atoms with Gasteiger partial charge in [0.15, 0.2) is 17.5 Å². The minimum Gasteiger partial charge on any atom is -0.455 e. The fraction of sp³-hybridized carbons (Fsp3) is 0.0217. The van der Waals surface area contributed by atoms with Gasteiger partial charge in [-0.15, -0.1) is 0 Å². The Hall–Kier alpha value is -6.65. The van der Waals surface area contributed by atoms with Crippen molar-refractivity contribution in [3.05, 3.63) is 198 Å². The van der Waals surface area contributed by atoms with E-state index in [0.717, 1.165) is 49.8 Å². The molecule has 4 heteroatoms. The number of benzene rings is 7. The summed E-state index contributed by atoms with van der Waals surface area (Å²) in [7, 11) is 0. The van der Waals surface area contributed by atoms with Gasteiger partial charge in [-0.1, -0.05) is 164 Å². The van der Waals surface area contributed by atoms with Crippen LogP contribution in [0.1, 0.15) is 22.3 Å². The normalized spacial score (nSPS) is 13.0. The molecule has 4 nitrogen and oxygen atoms in total. The molecule has 0 N–H and O–H groups in total. The third-order valence-corrected chi connectivity index (χ3v) is 10.0. The number of aromatic nitrogens is 3. The van der Waals surface area contributed by atoms with E-state index in [2.05, 4.69) is 109 Å². The molecule has 1 aliphatic rings. The van der Waals surface area contributed by atoms with Crippen molar-refractivity contribution < 1.29 is 4.42 Å². The molecular weight excluding hydrogens is 611 g/mol. The molecule has 50 heavy (non-hydrogen) atoms. The number of hydrogen-bond acceptors (Lipinski definition) is 4. The van der Waals surface area contributed by atoms with Crippen molar-refractivity contribution in [1.82, 2.24) is 15.0 Å². The molecule has 1 aliphatic carbocycles. The summed E-state index contributed by atoms with van der Waals surface area (Å²) >= 11 is 0. The van der Waals surface area contributed by atoms with E-state index in [9.17, 15) is 0 Å². The maximum atomic E-state index is 6.78. The molecule has 0 unspecified atom stereocenters. The molecule has 0 bridgehead atoms. The van der Waals surface area contributed by atoms with Crippen LogP contribution >= 0.6 is 0 Å². The summed E-state index contributed by atoms with van der Waals surface area (Å²) in [4.78, 5) is 15.1. The van der Waals surface area contributed by atoms with E-state index < -0.39 is 5.41 Å². The summed E-state index contributed by atoms with van der Waals surface area (Å²) in [6.45, 7) is 0. The number of furan rings is 1. The molecule has 0 aliphatic heterocycles. The number of rotatable bonds is 5. The first-order valence-corrected chi connectivity index (χ1v) is 16.9. The van der Waals surface area contributed by atoms with Crippen LogP contribution < -0.4 is 0 Å². The first kappa shape index (κ1) is 28.4. The predicted molar refractivity (Wildman–Crippen MR) is 201 cm³/mol. The van der Waals surface area contributed by atoms with Crippen LogP contribution in [0.3, 0.4) is 0 Å². The number of para-hydroxylation sites is 1. The maximum absolute atomic E-state index is 6.78. The van der Waals surface area contributed by atoms with Crippen molar-refractivity contribution in [2.24, 2.45) is 0 Å². The van der Waals surface area contributed by atoms with E-state index >= 15 is 0 Å². The Bertz CT molecular complexity index is 2590. The molecule has 2 aromatic heterocycles. The fourth-order valence-corrected chi connectivity index (χ4v) is 7.83. The number of hydrogen-bond donors (Lipinski definition) is 0. The molecular formula is C46H29N3O. The van der Waals surface area contributed by atoms with Crippen LogP contribution in [0.15, 0.2) is 180 Å². The van der Waals surface area contributed by atoms with Gasteiger partial charge in [-0.05, 0) is 39.9 Å². The van der Waals surface area contributed by atoms with E-state index in [0.29, 0.717) is 17.5 Å². The second kappa shape index (κ2) is 11.2. The zero-order chi connectivity index (χ0) is 33.1. The molecule has 0 radical (unpaired) electrons. The van der Waals surface area contributed by atoms with Gasteiger partial charge in [0, 0.05) is 33.0 Å². The molecule has 7 aromatic carbocycles. The second-order valence-corrected chi connectivity index (χ2v) is 12.7. The van der Waals surface area contributed by atoms with Gasteiger partial charge in [-0.25, -0.2) is 15.0 Å². The maximum Gasteiger partial charge on any atom is 0.164 e. The average molecular weight is 640 g/mol. The molecule has 9 aromatic rings. The van der Waals surface area contributed by atoms with Crippen molar-refractivity contribution in [3.63, 3.8) is 0 Å². The Kier molecular flexibility index (Phi) is 6.36. The molecule has 0 spiro atoms. The Labute approximate surface area is 289 Å². The van der Waals surface area contributed by atoms with Crippen molar-refractivity contribution in [3.8, 4) is 45.3 Å². The highest BCUT2D eigenvalue weighted by Gasteiger charge is 2.47. The van der Waals surface area contributed by atoms with Gasteiger partial charge < -0.3 is 4.42 Å². The van der Waals surface area contributed by atoms with Crippen molar-refractivity contribution in [2.75, 3.05) is 0 Å². The lowest BCUT2D eigenvalue weighted by molar-refractivity contribution is 0.669. The Morgan fingerprint density at radius 3 is 1.50 bits per heavy atom. The Morgan fingerprint density at radius 2 is 0.900 bits per heavy atom. The molecule has 234 valence electrons. The van der Waals surface area contributed by atoms with Crippen LogP contribution in [0, 0.1) is 0 Å². The van der Waals surface area contributed by atoms with Gasteiger partial charge in [0.25, 0.3) is 0 Å². The van der Waals surface area contributed by atoms with Gasteiger partial charge in [0.2, 0.25) is 0 Å². The highest BCUT2D eigenvalue weighted by molar-refractivity contribution is 6.12. The van der Waals surface area contributed by atoms with Crippen molar-refractivity contribution in [2.45, 2.75) is 5.41 Å². The van der Waals surface area contributed by atoms with E-state index in [1.165, 1.54) is 22.3 Å². The summed E-state index contributed by atoms with van der Waals surface area (Å²) in [6, 6.07) is 61.4. The van der Waals surface area contributed by atoms with Crippen molar-refractivity contribution in [1.29, 1.82) is 0 Å². The van der Waals surface area contributed by atoms with E-state index in [1.807, 2.05) is 66.7 Å². The largest absolute Gasteiger partial charge is 0.455 e. The lowest BCUT2D eigenvalue weighted by Gasteiger charge is -2.33. The van der Waals surface area contributed by atoms with Crippen LogP contribution in [0.5, 0.6) is 0 Å². The van der Waals surface area contributed by atoms with Gasteiger partial charge in [0.05, 0.1) is 5.41 Å². The van der Waals surface area contributed by atoms with E-state index in [4.69, 9.17) is 19.4 Å². The molecule has 0 amide bonds. The SMILES string of the molecule is c1ccc(-c2nc(-c3ccccc3)nc(-c3ccc4c(c3)-c3c(ccc5c3oc3ccccc35)C4(c3ccccc3)c3ccccc3)n2)cc1. The highest BCUT2D eigenvalue weighted by Crippen LogP contribution is 2.59. The first-order chi connectivity index (χ1) is 24.8. The molecule has 2 heterocycles. The topological polar surface area (TPSA) is 51.8 Å². The highest BCUT2D eigenvalue weighted by atomic mass is 16.3. The van der Waals surface area contributed by atoms with Gasteiger partial charge in [-0.2, -0.15) is 0 Å². The lowest BCUT2D eigenvalue weighted by Crippen LogP contribution is -2.28. The Balaban J connectivity index is 1.29. The fourth-order valence-electron chi connectivity index (χ4n) is 7.83. The zero-order valence-electron chi connectivity index (χ0n) is 27.0. The smallest absolute Gasteiger partial charge is 0.164 e. The summed E-state index contributed by atoms with van der Waals surface area (Å²) in [5.74, 6) is 1.90. The Morgan fingerprint density at radius 1 is 0.400 bits per heavy atom. The zero-order valence-corrected chi connectivity index (χ0v) is 27.0. The van der Waals surface area contributed by atoms with Gasteiger partial charge in [0.1, 0.15) is 11.2 Å². The minimum absolute atomic E-state index is 0.567. The molecule has 10 rings (SSSR count). The summed E-state index contributed by atoms with van der Waals surface area (Å²) < 4.78 is 6.78. The molecule has 0 atom stereocenters. The lowest BCUT2D eigenvalue weighted by atomic mass is 9.67. The summed E-state index contributed by atoms with van der Waals surface area (Å²) in [6.07, 6.45) is 0. The van der Waals surface area contributed by atoms with Crippen molar-refractivity contribution >= 4 is 21.9 Å². The molecule has 0 fully saturated rings. The standard InChI is InChI=1S/C46H29N3O/c1-5-15-30(16-6-1)43-47-44(31-17-7-2-8-18-31)49-45(48-43)32-25-27-38-37(29-32)41-39(28-26-36-35-23-13-14-24-40(35)50-42(36)41)46(38,33-19-9-3-10-20-33)34-21-11-4-12-22-34/h1-29H. The van der Waals surface area contributed by atoms with E-state index in [1.54, 1.807) is 0 Å². The monoisotopic (exact) mass is 639 g/mol. The minimum atomic E-state index is -0.567. The quantitative estimate of drug-likeness (QED) is 0.188. The predicted octanol–water partition coefficient (Wildman–Crippen LogP) is 11.1.